The molecule has 0 aliphatic heterocycles. The highest BCUT2D eigenvalue weighted by Gasteiger charge is 1.99. The molecule has 0 spiro atoms. The molecule has 0 aliphatic rings. The van der Waals surface area contributed by atoms with Gasteiger partial charge in [0, 0.05) is 6.42 Å². The molecule has 1 aromatic heterocycles. The summed E-state index contributed by atoms with van der Waals surface area (Å²) >= 11 is 5.13. The van der Waals surface area contributed by atoms with Gasteiger partial charge in [0.15, 0.2) is 0 Å². The average Bonchev–Trinajstić information content (AvgIpc) is 2.35. The van der Waals surface area contributed by atoms with Crippen LogP contribution in [0.2, 0.25) is 0 Å². The molecule has 0 N–H and O–H groups in total. The Morgan fingerprint density at radius 3 is 2.83 bits per heavy atom. The van der Waals surface area contributed by atoms with Gasteiger partial charge >= 0.3 is 0 Å². The summed E-state index contributed by atoms with van der Waals surface area (Å²) in [5, 5.41) is 1.23. The molecule has 1 rings (SSSR count). The van der Waals surface area contributed by atoms with Gasteiger partial charge in [0.2, 0.25) is 0 Å². The second kappa shape index (κ2) is 4.94. The molecule has 2 nitrogen and oxygen atoms in total. The van der Waals surface area contributed by atoms with Gasteiger partial charge in [0.1, 0.15) is 0 Å². The van der Waals surface area contributed by atoms with Gasteiger partial charge in [-0.25, -0.2) is 4.98 Å². The predicted molar refractivity (Wildman–Crippen MR) is 56.7 cm³/mol. The molecule has 1 heterocycles. The van der Waals surface area contributed by atoms with E-state index in [-0.39, 0.29) is 0 Å². The summed E-state index contributed by atoms with van der Waals surface area (Å²) in [5.41, 5.74) is 0. The van der Waals surface area contributed by atoms with E-state index in [1.54, 1.807) is 11.3 Å². The molecule has 0 saturated carbocycles. The molecule has 1 aromatic rings. The Labute approximate surface area is 85.7 Å². The molecular formula is C8H13BrN2S. The monoisotopic (exact) mass is 248 g/mol. The Kier molecular flexibility index (Phi) is 4.18. The van der Waals surface area contributed by atoms with Crippen molar-refractivity contribution in [1.82, 2.24) is 9.88 Å². The van der Waals surface area contributed by atoms with Crippen molar-refractivity contribution in [2.45, 2.75) is 12.8 Å². The predicted octanol–water partition coefficient (Wildman–Crippen LogP) is 2.40. The van der Waals surface area contributed by atoms with Crippen molar-refractivity contribution in [3.8, 4) is 0 Å². The molecule has 4 heteroatoms. The summed E-state index contributed by atoms with van der Waals surface area (Å²) < 4.78 is 1.13. The highest BCUT2D eigenvalue weighted by atomic mass is 79.9. The first-order chi connectivity index (χ1) is 5.68. The maximum absolute atomic E-state index is 4.27. The Morgan fingerprint density at radius 2 is 2.33 bits per heavy atom. The number of hydrogen-bond acceptors (Lipinski definition) is 3. The highest BCUT2D eigenvalue weighted by molar-refractivity contribution is 9.11. The molecule has 0 atom stereocenters. The molecule has 0 saturated heterocycles. The lowest BCUT2D eigenvalue weighted by molar-refractivity contribution is 0.400. The maximum Gasteiger partial charge on any atom is 0.0937 e. The fraction of sp³-hybridized carbons (Fsp3) is 0.625. The Balaban J connectivity index is 2.24. The normalized spacial score (nSPS) is 11.0. The first-order valence-electron chi connectivity index (χ1n) is 3.93. The van der Waals surface area contributed by atoms with Crippen LogP contribution in [0.25, 0.3) is 0 Å². The van der Waals surface area contributed by atoms with Gasteiger partial charge in [0.05, 0.1) is 15.0 Å². The van der Waals surface area contributed by atoms with Crippen molar-refractivity contribution < 1.29 is 0 Å². The zero-order valence-corrected chi connectivity index (χ0v) is 9.78. The first kappa shape index (κ1) is 10.2. The van der Waals surface area contributed by atoms with Crippen LogP contribution in [0.5, 0.6) is 0 Å². The summed E-state index contributed by atoms with van der Waals surface area (Å²) in [4.78, 5) is 6.46. The van der Waals surface area contributed by atoms with Crippen LogP contribution in [0, 0.1) is 0 Å². The molecular weight excluding hydrogens is 236 g/mol. The summed E-state index contributed by atoms with van der Waals surface area (Å²) in [6.45, 7) is 1.14. The zero-order valence-electron chi connectivity index (χ0n) is 7.38. The molecule has 0 unspecified atom stereocenters. The third-order valence-electron chi connectivity index (χ3n) is 1.52. The first-order valence-corrected chi connectivity index (χ1v) is 5.54. The van der Waals surface area contributed by atoms with Crippen molar-refractivity contribution >= 4 is 27.3 Å². The summed E-state index contributed by atoms with van der Waals surface area (Å²) in [5.74, 6) is 0. The quantitative estimate of drug-likeness (QED) is 0.814. The molecule has 68 valence electrons. The minimum Gasteiger partial charge on any atom is -0.309 e. The van der Waals surface area contributed by atoms with E-state index in [0.29, 0.717) is 0 Å². The third-order valence-corrected chi connectivity index (χ3v) is 3.06. The summed E-state index contributed by atoms with van der Waals surface area (Å²) in [6, 6.07) is 0. The smallest absolute Gasteiger partial charge is 0.0937 e. The van der Waals surface area contributed by atoms with Crippen LogP contribution in [-0.4, -0.2) is 30.5 Å². The van der Waals surface area contributed by atoms with Crippen molar-refractivity contribution in [3.63, 3.8) is 0 Å². The lowest BCUT2D eigenvalue weighted by atomic mass is 10.3. The minimum absolute atomic E-state index is 1.09. The van der Waals surface area contributed by atoms with E-state index in [0.717, 1.165) is 16.8 Å². The van der Waals surface area contributed by atoms with E-state index >= 15 is 0 Å². The van der Waals surface area contributed by atoms with E-state index in [2.05, 4.69) is 39.9 Å². The third kappa shape index (κ3) is 3.65. The number of nitrogens with zero attached hydrogens (tertiary/aromatic N) is 2. The van der Waals surface area contributed by atoms with Crippen molar-refractivity contribution in [2.75, 3.05) is 20.6 Å². The van der Waals surface area contributed by atoms with Crippen LogP contribution in [0.4, 0.5) is 0 Å². The Hall–Kier alpha value is 0.0700. The van der Waals surface area contributed by atoms with E-state index in [4.69, 9.17) is 0 Å². The maximum atomic E-state index is 4.27. The van der Waals surface area contributed by atoms with Crippen LogP contribution in [0.3, 0.4) is 0 Å². The lowest BCUT2D eigenvalue weighted by Gasteiger charge is -2.06. The highest BCUT2D eigenvalue weighted by Crippen LogP contribution is 2.19. The van der Waals surface area contributed by atoms with Gasteiger partial charge in [-0.3, -0.25) is 0 Å². The largest absolute Gasteiger partial charge is 0.309 e. The van der Waals surface area contributed by atoms with Crippen molar-refractivity contribution in [3.05, 3.63) is 15.0 Å². The van der Waals surface area contributed by atoms with E-state index in [1.807, 2.05) is 6.20 Å². The Morgan fingerprint density at radius 1 is 1.58 bits per heavy atom. The van der Waals surface area contributed by atoms with Gasteiger partial charge in [0.25, 0.3) is 0 Å². The fourth-order valence-electron chi connectivity index (χ4n) is 0.950. The van der Waals surface area contributed by atoms with Gasteiger partial charge in [-0.1, -0.05) is 0 Å². The Bertz CT molecular complexity index is 235. The molecule has 0 amide bonds. The van der Waals surface area contributed by atoms with E-state index in [1.165, 1.54) is 11.4 Å². The van der Waals surface area contributed by atoms with Gasteiger partial charge in [-0.2, -0.15) is 0 Å². The molecule has 12 heavy (non-hydrogen) atoms. The number of hydrogen-bond donors (Lipinski definition) is 0. The standard InChI is InChI=1S/C8H13BrN2S/c1-11(2)5-3-4-8-10-6-7(9)12-8/h6H,3-5H2,1-2H3. The van der Waals surface area contributed by atoms with Crippen LogP contribution in [0.15, 0.2) is 9.98 Å². The number of aryl methyl sites for hydroxylation is 1. The van der Waals surface area contributed by atoms with Crippen molar-refractivity contribution in [2.24, 2.45) is 0 Å². The van der Waals surface area contributed by atoms with E-state index in [9.17, 15) is 0 Å². The van der Waals surface area contributed by atoms with Crippen molar-refractivity contribution in [1.29, 1.82) is 0 Å². The van der Waals surface area contributed by atoms with Crippen LogP contribution < -0.4 is 0 Å². The van der Waals surface area contributed by atoms with Crippen LogP contribution >= 0.6 is 27.3 Å². The average molecular weight is 249 g/mol. The zero-order chi connectivity index (χ0) is 8.97. The molecule has 0 radical (unpaired) electrons. The van der Waals surface area contributed by atoms with Gasteiger partial charge in [-0.15, -0.1) is 11.3 Å². The molecule has 0 bridgehead atoms. The van der Waals surface area contributed by atoms with Crippen LogP contribution in [0.1, 0.15) is 11.4 Å². The fourth-order valence-corrected chi connectivity index (χ4v) is 2.30. The van der Waals surface area contributed by atoms with Gasteiger partial charge in [-0.05, 0) is 43.0 Å². The summed E-state index contributed by atoms with van der Waals surface area (Å²) in [7, 11) is 4.19. The van der Waals surface area contributed by atoms with E-state index < -0.39 is 0 Å². The van der Waals surface area contributed by atoms with Crippen LogP contribution in [-0.2, 0) is 6.42 Å². The number of rotatable bonds is 4. The second-order valence-electron chi connectivity index (χ2n) is 2.96. The topological polar surface area (TPSA) is 16.1 Å². The molecule has 0 fully saturated rings. The lowest BCUT2D eigenvalue weighted by Crippen LogP contribution is -2.13. The SMILES string of the molecule is CN(C)CCCc1ncc(Br)s1. The molecule has 0 aliphatic carbocycles. The van der Waals surface area contributed by atoms with Gasteiger partial charge < -0.3 is 4.90 Å². The second-order valence-corrected chi connectivity index (χ2v) is 5.46. The number of aromatic nitrogens is 1. The number of thiazole rings is 1. The summed E-state index contributed by atoms with van der Waals surface area (Å²) in [6.07, 6.45) is 4.15. The number of halogens is 1. The molecule has 0 aromatic carbocycles. The minimum atomic E-state index is 1.09.